The van der Waals surface area contributed by atoms with Gasteiger partial charge in [0, 0.05) is 22.7 Å². The van der Waals surface area contributed by atoms with Gasteiger partial charge in [-0.2, -0.15) is 0 Å². The molecule has 1 aliphatic rings. The number of halogens is 1. The number of ketones is 1. The molecule has 0 amide bonds. The number of nitrogen functional groups attached to an aromatic ring is 1. The van der Waals surface area contributed by atoms with E-state index >= 15 is 0 Å². The molecule has 1 saturated heterocycles. The highest BCUT2D eigenvalue weighted by molar-refractivity contribution is 6.31. The van der Waals surface area contributed by atoms with Gasteiger partial charge in [0.1, 0.15) is 0 Å². The van der Waals surface area contributed by atoms with Gasteiger partial charge in [0.2, 0.25) is 0 Å². The molecule has 4 heteroatoms. The molecular formula is C12H15ClN2O. The van der Waals surface area contributed by atoms with Gasteiger partial charge in [0.15, 0.2) is 5.78 Å². The molecule has 16 heavy (non-hydrogen) atoms. The standard InChI is InChI=1S/C12H15ClN2O/c13-9-1-2-11(14)10(6-9)12(16)5-8-3-4-15-7-8/h1-2,6,8,15H,3-5,7,14H2. The van der Waals surface area contributed by atoms with Crippen LogP contribution in [-0.4, -0.2) is 18.9 Å². The number of hydrogen-bond acceptors (Lipinski definition) is 3. The Kier molecular flexibility index (Phi) is 3.46. The zero-order valence-corrected chi connectivity index (χ0v) is 9.76. The topological polar surface area (TPSA) is 55.1 Å². The lowest BCUT2D eigenvalue weighted by atomic mass is 9.97. The van der Waals surface area contributed by atoms with E-state index in [-0.39, 0.29) is 5.78 Å². The molecule has 0 spiro atoms. The summed E-state index contributed by atoms with van der Waals surface area (Å²) in [6.45, 7) is 1.93. The van der Waals surface area contributed by atoms with Crippen LogP contribution >= 0.6 is 11.6 Å². The van der Waals surface area contributed by atoms with Crippen molar-refractivity contribution in [3.63, 3.8) is 0 Å². The molecule has 1 aliphatic heterocycles. The lowest BCUT2D eigenvalue weighted by Crippen LogP contribution is -2.13. The van der Waals surface area contributed by atoms with Crippen molar-refractivity contribution < 1.29 is 4.79 Å². The van der Waals surface area contributed by atoms with Crippen LogP contribution in [0.3, 0.4) is 0 Å². The van der Waals surface area contributed by atoms with Crippen LogP contribution in [0.5, 0.6) is 0 Å². The van der Waals surface area contributed by atoms with E-state index in [1.54, 1.807) is 18.2 Å². The number of Topliss-reactive ketones (excluding diaryl/α,β-unsaturated/α-hetero) is 1. The third-order valence-corrected chi connectivity index (χ3v) is 3.19. The van der Waals surface area contributed by atoms with Gasteiger partial charge in [0.05, 0.1) is 0 Å². The van der Waals surface area contributed by atoms with E-state index in [0.29, 0.717) is 28.6 Å². The van der Waals surface area contributed by atoms with Crippen LogP contribution in [0.1, 0.15) is 23.2 Å². The predicted molar refractivity (Wildman–Crippen MR) is 65.8 cm³/mol. The first-order valence-electron chi connectivity index (χ1n) is 5.46. The van der Waals surface area contributed by atoms with Crippen molar-refractivity contribution in [2.75, 3.05) is 18.8 Å². The van der Waals surface area contributed by atoms with Crippen molar-refractivity contribution in [3.05, 3.63) is 28.8 Å². The molecule has 1 aromatic carbocycles. The first-order valence-corrected chi connectivity index (χ1v) is 5.83. The van der Waals surface area contributed by atoms with Crippen molar-refractivity contribution in [2.24, 2.45) is 5.92 Å². The molecule has 1 heterocycles. The quantitative estimate of drug-likeness (QED) is 0.627. The minimum Gasteiger partial charge on any atom is -0.398 e. The van der Waals surface area contributed by atoms with E-state index in [1.807, 2.05) is 0 Å². The summed E-state index contributed by atoms with van der Waals surface area (Å²) in [5, 5.41) is 3.80. The van der Waals surface area contributed by atoms with Crippen LogP contribution in [0, 0.1) is 5.92 Å². The summed E-state index contributed by atoms with van der Waals surface area (Å²) >= 11 is 5.86. The zero-order valence-electron chi connectivity index (χ0n) is 9.00. The smallest absolute Gasteiger partial charge is 0.165 e. The average Bonchev–Trinajstić information content (AvgIpc) is 2.74. The summed E-state index contributed by atoms with van der Waals surface area (Å²) in [6.07, 6.45) is 1.61. The number of rotatable bonds is 3. The fraction of sp³-hybridized carbons (Fsp3) is 0.417. The first-order chi connectivity index (χ1) is 7.66. The molecule has 0 radical (unpaired) electrons. The molecule has 3 nitrogen and oxygen atoms in total. The zero-order chi connectivity index (χ0) is 11.5. The molecule has 0 aromatic heterocycles. The number of hydrogen-bond donors (Lipinski definition) is 2. The number of carbonyl (C=O) groups is 1. The van der Waals surface area contributed by atoms with Crippen LogP contribution < -0.4 is 11.1 Å². The minimum atomic E-state index is 0.0914. The number of nitrogens with one attached hydrogen (secondary N) is 1. The van der Waals surface area contributed by atoms with Crippen molar-refractivity contribution in [3.8, 4) is 0 Å². The number of nitrogens with two attached hydrogens (primary N) is 1. The highest BCUT2D eigenvalue weighted by Crippen LogP contribution is 2.22. The maximum atomic E-state index is 12.0. The molecule has 2 rings (SSSR count). The van der Waals surface area contributed by atoms with Crippen molar-refractivity contribution in [1.82, 2.24) is 5.32 Å². The number of benzene rings is 1. The molecule has 3 N–H and O–H groups in total. The summed E-state index contributed by atoms with van der Waals surface area (Å²) in [4.78, 5) is 12.0. The normalized spacial score (nSPS) is 19.9. The Labute approximate surface area is 100.0 Å². The third kappa shape index (κ3) is 2.54. The first kappa shape index (κ1) is 11.4. The SMILES string of the molecule is Nc1ccc(Cl)cc1C(=O)CC1CCNC1. The largest absolute Gasteiger partial charge is 0.398 e. The Bertz CT molecular complexity index is 400. The van der Waals surface area contributed by atoms with E-state index in [4.69, 9.17) is 17.3 Å². The summed E-state index contributed by atoms with van der Waals surface area (Å²) in [5.41, 5.74) is 6.84. The van der Waals surface area contributed by atoms with Crippen LogP contribution in [0.25, 0.3) is 0 Å². The number of carbonyl (C=O) groups excluding carboxylic acids is 1. The van der Waals surface area contributed by atoms with Crippen LogP contribution in [0.4, 0.5) is 5.69 Å². The predicted octanol–water partition coefficient (Wildman–Crippen LogP) is 2.10. The average molecular weight is 239 g/mol. The Morgan fingerprint density at radius 1 is 1.56 bits per heavy atom. The van der Waals surface area contributed by atoms with E-state index in [0.717, 1.165) is 19.5 Å². The highest BCUT2D eigenvalue weighted by Gasteiger charge is 2.20. The molecule has 86 valence electrons. The van der Waals surface area contributed by atoms with Gasteiger partial charge >= 0.3 is 0 Å². The van der Waals surface area contributed by atoms with Crippen molar-refractivity contribution in [2.45, 2.75) is 12.8 Å². The Balaban J connectivity index is 2.10. The van der Waals surface area contributed by atoms with Crippen molar-refractivity contribution >= 4 is 23.1 Å². The van der Waals surface area contributed by atoms with E-state index < -0.39 is 0 Å². The lowest BCUT2D eigenvalue weighted by Gasteiger charge is -2.09. The molecule has 0 aliphatic carbocycles. The van der Waals surface area contributed by atoms with Gasteiger partial charge in [-0.1, -0.05) is 11.6 Å². The van der Waals surface area contributed by atoms with Gasteiger partial charge in [-0.05, 0) is 43.6 Å². The summed E-state index contributed by atoms with van der Waals surface area (Å²) in [5.74, 6) is 0.527. The van der Waals surface area contributed by atoms with Crippen LogP contribution in [-0.2, 0) is 0 Å². The van der Waals surface area contributed by atoms with Crippen LogP contribution in [0.15, 0.2) is 18.2 Å². The molecular weight excluding hydrogens is 224 g/mol. The minimum absolute atomic E-state index is 0.0914. The maximum Gasteiger partial charge on any atom is 0.165 e. The summed E-state index contributed by atoms with van der Waals surface area (Å²) in [7, 11) is 0. The van der Waals surface area contributed by atoms with Gasteiger partial charge in [-0.25, -0.2) is 0 Å². The fourth-order valence-corrected chi connectivity index (χ4v) is 2.20. The third-order valence-electron chi connectivity index (χ3n) is 2.95. The van der Waals surface area contributed by atoms with Gasteiger partial charge in [-0.15, -0.1) is 0 Å². The van der Waals surface area contributed by atoms with Crippen LogP contribution in [0.2, 0.25) is 5.02 Å². The monoisotopic (exact) mass is 238 g/mol. The second kappa shape index (κ2) is 4.85. The molecule has 0 saturated carbocycles. The van der Waals surface area contributed by atoms with Crippen molar-refractivity contribution in [1.29, 1.82) is 0 Å². The summed E-state index contributed by atoms with van der Waals surface area (Å²) in [6, 6.07) is 5.04. The lowest BCUT2D eigenvalue weighted by molar-refractivity contribution is 0.0965. The second-order valence-corrected chi connectivity index (χ2v) is 4.65. The van der Waals surface area contributed by atoms with Gasteiger partial charge in [-0.3, -0.25) is 4.79 Å². The Morgan fingerprint density at radius 3 is 3.06 bits per heavy atom. The molecule has 0 bridgehead atoms. The van der Waals surface area contributed by atoms with Gasteiger partial charge in [0.25, 0.3) is 0 Å². The maximum absolute atomic E-state index is 12.0. The Morgan fingerprint density at radius 2 is 2.38 bits per heavy atom. The molecule has 1 aromatic rings. The fourth-order valence-electron chi connectivity index (χ4n) is 2.03. The molecule has 1 atom stereocenters. The van der Waals surface area contributed by atoms with E-state index in [9.17, 15) is 4.79 Å². The second-order valence-electron chi connectivity index (χ2n) is 4.22. The Hall–Kier alpha value is -1.06. The van der Waals surface area contributed by atoms with E-state index in [2.05, 4.69) is 5.32 Å². The summed E-state index contributed by atoms with van der Waals surface area (Å²) < 4.78 is 0. The highest BCUT2D eigenvalue weighted by atomic mass is 35.5. The number of anilines is 1. The molecule has 1 unspecified atom stereocenters. The molecule has 1 fully saturated rings. The van der Waals surface area contributed by atoms with E-state index in [1.165, 1.54) is 0 Å². The van der Waals surface area contributed by atoms with Gasteiger partial charge < -0.3 is 11.1 Å².